The van der Waals surface area contributed by atoms with Crippen molar-refractivity contribution in [2.24, 2.45) is 0 Å². The van der Waals surface area contributed by atoms with E-state index in [1.54, 1.807) is 36.4 Å². The smallest absolute Gasteiger partial charge is 0.344 e. The number of benzene rings is 2. The van der Waals surface area contributed by atoms with Crippen molar-refractivity contribution in [3.05, 3.63) is 48.5 Å². The maximum Gasteiger partial charge on any atom is 0.344 e. The molecule has 0 bridgehead atoms. The first-order chi connectivity index (χ1) is 28.0. The normalized spacial score (nSPS) is 12.2. The zero-order chi connectivity index (χ0) is 41.0. The second-order valence-electron chi connectivity index (χ2n) is 15.4. The van der Waals surface area contributed by atoms with Crippen molar-refractivity contribution in [2.75, 3.05) is 26.4 Å². The molecule has 57 heavy (non-hydrogen) atoms. The molecule has 9 heteroatoms. The van der Waals surface area contributed by atoms with Gasteiger partial charge in [0, 0.05) is 0 Å². The third-order valence-electron chi connectivity index (χ3n) is 10.4. The number of para-hydroxylation sites is 4. The Balaban J connectivity index is 1.63. The van der Waals surface area contributed by atoms with Gasteiger partial charge in [-0.3, -0.25) is 0 Å². The summed E-state index contributed by atoms with van der Waals surface area (Å²) in [6.07, 6.45) is 28.4. The monoisotopic (exact) mass is 799 g/mol. The zero-order valence-electron chi connectivity index (χ0n) is 35.7. The average Bonchev–Trinajstić information content (AvgIpc) is 3.21. The van der Waals surface area contributed by atoms with Crippen LogP contribution in [-0.2, 0) is 14.3 Å². The molecule has 2 rings (SSSR count). The van der Waals surface area contributed by atoms with E-state index in [0.29, 0.717) is 35.8 Å². The predicted molar refractivity (Wildman–Crippen MR) is 230 cm³/mol. The molecule has 324 valence electrons. The third kappa shape index (κ3) is 25.5. The van der Waals surface area contributed by atoms with Gasteiger partial charge < -0.3 is 33.9 Å². The van der Waals surface area contributed by atoms with Crippen LogP contribution in [0.2, 0.25) is 0 Å². The minimum atomic E-state index is -0.971. The number of unbranched alkanes of at least 4 members (excludes halogenated alkanes) is 22. The molecule has 0 saturated carbocycles. The van der Waals surface area contributed by atoms with Crippen molar-refractivity contribution in [3.8, 4) is 23.0 Å². The number of rotatable bonds is 40. The lowest BCUT2D eigenvalue weighted by atomic mass is 10.0. The molecule has 0 heterocycles. The Morgan fingerprint density at radius 3 is 1.00 bits per heavy atom. The van der Waals surface area contributed by atoms with Crippen molar-refractivity contribution in [1.82, 2.24) is 0 Å². The van der Waals surface area contributed by atoms with Crippen molar-refractivity contribution < 1.29 is 43.5 Å². The van der Waals surface area contributed by atoms with Gasteiger partial charge in [-0.15, -0.1) is 0 Å². The lowest BCUT2D eigenvalue weighted by Crippen LogP contribution is -2.27. The quantitative estimate of drug-likeness (QED) is 0.0635. The van der Waals surface area contributed by atoms with Crippen molar-refractivity contribution in [2.45, 2.75) is 193 Å². The van der Waals surface area contributed by atoms with Gasteiger partial charge in [-0.25, -0.2) is 9.59 Å². The lowest BCUT2D eigenvalue weighted by molar-refractivity contribution is -0.146. The molecule has 2 unspecified atom stereocenters. The molecule has 0 aliphatic carbocycles. The van der Waals surface area contributed by atoms with Crippen LogP contribution in [0, 0.1) is 0 Å². The Kier molecular flexibility index (Phi) is 30.1. The Morgan fingerprint density at radius 2 is 0.702 bits per heavy atom. The van der Waals surface area contributed by atoms with Gasteiger partial charge >= 0.3 is 11.9 Å². The van der Waals surface area contributed by atoms with Gasteiger partial charge in [0.15, 0.2) is 35.2 Å². The molecule has 9 nitrogen and oxygen atoms in total. The summed E-state index contributed by atoms with van der Waals surface area (Å²) in [6.45, 7) is 5.57. The summed E-state index contributed by atoms with van der Waals surface area (Å²) < 4.78 is 29.4. The van der Waals surface area contributed by atoms with E-state index in [2.05, 4.69) is 13.8 Å². The number of aliphatic carboxylic acids is 2. The van der Waals surface area contributed by atoms with Crippen LogP contribution in [0.15, 0.2) is 48.5 Å². The maximum atomic E-state index is 12.0. The second-order valence-corrected chi connectivity index (χ2v) is 15.4. The number of carboxylic acid groups (broad SMARTS) is 2. The first-order valence-electron chi connectivity index (χ1n) is 22.8. The maximum absolute atomic E-state index is 12.0. The van der Waals surface area contributed by atoms with E-state index in [9.17, 15) is 19.8 Å². The zero-order valence-corrected chi connectivity index (χ0v) is 35.7. The van der Waals surface area contributed by atoms with E-state index < -0.39 is 24.1 Å². The summed E-state index contributed by atoms with van der Waals surface area (Å²) in [6, 6.07) is 14.2. The Hall–Kier alpha value is -3.46. The molecule has 2 N–H and O–H groups in total. The van der Waals surface area contributed by atoms with Gasteiger partial charge in [-0.1, -0.05) is 179 Å². The van der Waals surface area contributed by atoms with E-state index in [-0.39, 0.29) is 26.4 Å². The second kappa shape index (κ2) is 34.6. The van der Waals surface area contributed by atoms with Crippen LogP contribution in [0.4, 0.5) is 0 Å². The first-order valence-corrected chi connectivity index (χ1v) is 22.8. The number of carboxylic acids is 2. The fourth-order valence-corrected chi connectivity index (χ4v) is 6.97. The molecule has 0 aromatic heterocycles. The topological polar surface area (TPSA) is 121 Å². The van der Waals surface area contributed by atoms with E-state index >= 15 is 0 Å². The molecular weight excluding hydrogens is 721 g/mol. The Labute approximate surface area is 345 Å². The van der Waals surface area contributed by atoms with Gasteiger partial charge in [0.05, 0.1) is 13.2 Å². The van der Waals surface area contributed by atoms with E-state index in [1.807, 2.05) is 12.1 Å². The van der Waals surface area contributed by atoms with Crippen LogP contribution in [-0.4, -0.2) is 60.8 Å². The molecule has 0 radical (unpaired) electrons. The van der Waals surface area contributed by atoms with Gasteiger partial charge in [-0.2, -0.15) is 0 Å². The van der Waals surface area contributed by atoms with Gasteiger partial charge in [0.25, 0.3) is 0 Å². The molecule has 2 aromatic rings. The molecular formula is C48H78O9. The van der Waals surface area contributed by atoms with Gasteiger partial charge in [-0.05, 0) is 49.9 Å². The summed E-state index contributed by atoms with van der Waals surface area (Å²) in [5, 5.41) is 19.7. The largest absolute Gasteiger partial charge is 0.487 e. The van der Waals surface area contributed by atoms with Crippen molar-refractivity contribution >= 4 is 11.9 Å². The third-order valence-corrected chi connectivity index (χ3v) is 10.4. The number of ether oxygens (including phenoxy) is 5. The lowest BCUT2D eigenvalue weighted by Gasteiger charge is -2.18. The minimum absolute atomic E-state index is 0.246. The van der Waals surface area contributed by atoms with Crippen molar-refractivity contribution in [1.29, 1.82) is 0 Å². The van der Waals surface area contributed by atoms with Crippen LogP contribution < -0.4 is 18.9 Å². The van der Waals surface area contributed by atoms with Crippen LogP contribution in [0.3, 0.4) is 0 Å². The van der Waals surface area contributed by atoms with Gasteiger partial charge in [0.1, 0.15) is 13.2 Å². The summed E-state index contributed by atoms with van der Waals surface area (Å²) in [5.74, 6) is -0.186. The molecule has 0 aliphatic rings. The minimum Gasteiger partial charge on any atom is -0.487 e. The molecule has 0 fully saturated rings. The molecule has 0 saturated heterocycles. The molecule has 2 aromatic carbocycles. The molecule has 2 atom stereocenters. The van der Waals surface area contributed by atoms with Crippen molar-refractivity contribution in [3.63, 3.8) is 0 Å². The summed E-state index contributed by atoms with van der Waals surface area (Å²) in [5.41, 5.74) is 0. The van der Waals surface area contributed by atoms with Crippen LogP contribution in [0.1, 0.15) is 181 Å². The molecule has 0 spiro atoms. The predicted octanol–water partition coefficient (Wildman–Crippen LogP) is 13.0. The Bertz CT molecular complexity index is 1170. The Morgan fingerprint density at radius 1 is 0.421 bits per heavy atom. The SMILES string of the molecule is CCCCCCCCCCCCCCC(Oc1ccccc1OCCOCCOc1ccccc1OC(CCCCCCCCCCCCCC)C(=O)O)C(=O)O. The highest BCUT2D eigenvalue weighted by molar-refractivity contribution is 5.73. The van der Waals surface area contributed by atoms with E-state index in [4.69, 9.17) is 23.7 Å². The van der Waals surface area contributed by atoms with Gasteiger partial charge in [0.2, 0.25) is 0 Å². The number of hydrogen-bond acceptors (Lipinski definition) is 7. The summed E-state index contributed by atoms with van der Waals surface area (Å²) in [4.78, 5) is 24.0. The van der Waals surface area contributed by atoms with Crippen LogP contribution in [0.5, 0.6) is 23.0 Å². The first kappa shape index (κ1) is 49.7. The highest BCUT2D eigenvalue weighted by Gasteiger charge is 2.22. The van der Waals surface area contributed by atoms with E-state index in [0.717, 1.165) is 38.5 Å². The summed E-state index contributed by atoms with van der Waals surface area (Å²) >= 11 is 0. The fourth-order valence-electron chi connectivity index (χ4n) is 6.97. The standard InChI is InChI=1S/C48H78O9/c1-3-5-7-9-11-13-15-17-19-21-23-25-35-45(47(49)50)56-43-33-29-27-31-41(43)54-39-37-53-38-40-55-42-32-28-30-34-44(42)57-46(48(51)52)36-26-24-22-20-18-16-14-12-10-8-6-4-2/h27-34,45-46H,3-26,35-40H2,1-2H3,(H,49,50)(H,51,52). The summed E-state index contributed by atoms with van der Waals surface area (Å²) in [7, 11) is 0. The number of carbonyl (C=O) groups is 2. The fraction of sp³-hybridized carbons (Fsp3) is 0.708. The molecule has 0 aliphatic heterocycles. The van der Waals surface area contributed by atoms with E-state index in [1.165, 1.54) is 116 Å². The highest BCUT2D eigenvalue weighted by atomic mass is 16.6. The van der Waals surface area contributed by atoms with Crippen LogP contribution in [0.25, 0.3) is 0 Å². The van der Waals surface area contributed by atoms with Crippen LogP contribution >= 0.6 is 0 Å². The molecule has 0 amide bonds. The average molecular weight is 799 g/mol. The highest BCUT2D eigenvalue weighted by Crippen LogP contribution is 2.30. The number of hydrogen-bond donors (Lipinski definition) is 2.